The Morgan fingerprint density at radius 1 is 1.26 bits per heavy atom. The SMILES string of the molecule is COc1ccccc1C(NC(=O)C=Cc1cccc(F)c1)c1nccn1C. The predicted molar refractivity (Wildman–Crippen MR) is 102 cm³/mol. The minimum Gasteiger partial charge on any atom is -0.496 e. The van der Waals surface area contributed by atoms with Crippen molar-refractivity contribution < 1.29 is 13.9 Å². The average molecular weight is 365 g/mol. The number of amides is 1. The molecular weight excluding hydrogens is 345 g/mol. The van der Waals surface area contributed by atoms with Gasteiger partial charge in [-0.1, -0.05) is 30.3 Å². The van der Waals surface area contributed by atoms with Gasteiger partial charge in [0.1, 0.15) is 23.4 Å². The number of hydrogen-bond acceptors (Lipinski definition) is 3. The van der Waals surface area contributed by atoms with Crippen molar-refractivity contribution in [2.75, 3.05) is 7.11 Å². The van der Waals surface area contributed by atoms with E-state index in [-0.39, 0.29) is 11.7 Å². The summed E-state index contributed by atoms with van der Waals surface area (Å²) in [7, 11) is 3.44. The molecule has 0 fully saturated rings. The molecule has 138 valence electrons. The first-order valence-electron chi connectivity index (χ1n) is 8.43. The van der Waals surface area contributed by atoms with Gasteiger partial charge in [0.15, 0.2) is 0 Å². The molecule has 0 spiro atoms. The van der Waals surface area contributed by atoms with Gasteiger partial charge in [-0.3, -0.25) is 4.79 Å². The van der Waals surface area contributed by atoms with Crippen LogP contribution in [0.2, 0.25) is 0 Å². The van der Waals surface area contributed by atoms with E-state index in [1.54, 1.807) is 31.5 Å². The summed E-state index contributed by atoms with van der Waals surface area (Å²) in [5, 5.41) is 2.95. The molecule has 5 nitrogen and oxygen atoms in total. The first kappa shape index (κ1) is 18.4. The quantitative estimate of drug-likeness (QED) is 0.681. The number of benzene rings is 2. The van der Waals surface area contributed by atoms with Crippen molar-refractivity contribution in [2.24, 2.45) is 7.05 Å². The Labute approximate surface area is 157 Å². The molecule has 1 N–H and O–H groups in total. The Hall–Kier alpha value is -3.41. The van der Waals surface area contributed by atoms with Gasteiger partial charge in [0.05, 0.1) is 7.11 Å². The fraction of sp³-hybridized carbons (Fsp3) is 0.143. The molecule has 0 aliphatic carbocycles. The van der Waals surface area contributed by atoms with E-state index >= 15 is 0 Å². The smallest absolute Gasteiger partial charge is 0.244 e. The van der Waals surface area contributed by atoms with Crippen molar-refractivity contribution in [1.82, 2.24) is 14.9 Å². The third-order valence-electron chi connectivity index (χ3n) is 4.13. The highest BCUT2D eigenvalue weighted by Crippen LogP contribution is 2.29. The number of nitrogens with one attached hydrogen (secondary N) is 1. The van der Waals surface area contributed by atoms with Crippen LogP contribution in [0, 0.1) is 5.82 Å². The maximum absolute atomic E-state index is 13.3. The van der Waals surface area contributed by atoms with Crippen LogP contribution in [-0.4, -0.2) is 22.6 Å². The molecule has 27 heavy (non-hydrogen) atoms. The predicted octanol–water partition coefficient (Wildman–Crippen LogP) is 3.49. The molecule has 2 aromatic carbocycles. The van der Waals surface area contributed by atoms with Crippen molar-refractivity contribution in [1.29, 1.82) is 0 Å². The summed E-state index contributed by atoms with van der Waals surface area (Å²) in [4.78, 5) is 16.9. The molecule has 0 saturated heterocycles. The molecule has 0 aliphatic heterocycles. The molecule has 0 aliphatic rings. The number of nitrogens with zero attached hydrogens (tertiary/aromatic N) is 2. The highest BCUT2D eigenvalue weighted by molar-refractivity contribution is 5.92. The highest BCUT2D eigenvalue weighted by atomic mass is 19.1. The third kappa shape index (κ3) is 4.41. The Balaban J connectivity index is 1.88. The van der Waals surface area contributed by atoms with Crippen LogP contribution < -0.4 is 10.1 Å². The molecule has 1 amide bonds. The number of carbonyl (C=O) groups is 1. The van der Waals surface area contributed by atoms with Crippen molar-refractivity contribution >= 4 is 12.0 Å². The summed E-state index contributed by atoms with van der Waals surface area (Å²) >= 11 is 0. The van der Waals surface area contributed by atoms with Gasteiger partial charge in [-0.05, 0) is 29.8 Å². The molecule has 1 atom stereocenters. The van der Waals surface area contributed by atoms with Crippen LogP contribution in [0.1, 0.15) is 23.0 Å². The van der Waals surface area contributed by atoms with Crippen LogP contribution >= 0.6 is 0 Å². The molecule has 3 rings (SSSR count). The largest absolute Gasteiger partial charge is 0.496 e. The van der Waals surface area contributed by atoms with Crippen molar-refractivity contribution in [3.8, 4) is 5.75 Å². The van der Waals surface area contributed by atoms with Gasteiger partial charge < -0.3 is 14.6 Å². The van der Waals surface area contributed by atoms with Crippen LogP contribution in [0.3, 0.4) is 0 Å². The van der Waals surface area contributed by atoms with Gasteiger partial charge in [0, 0.05) is 31.1 Å². The van der Waals surface area contributed by atoms with Crippen LogP contribution in [-0.2, 0) is 11.8 Å². The van der Waals surface area contributed by atoms with Gasteiger partial charge >= 0.3 is 0 Å². The Morgan fingerprint density at radius 2 is 2.07 bits per heavy atom. The van der Waals surface area contributed by atoms with E-state index < -0.39 is 6.04 Å². The normalized spacial score (nSPS) is 12.1. The second-order valence-corrected chi connectivity index (χ2v) is 5.97. The summed E-state index contributed by atoms with van der Waals surface area (Å²) in [5.41, 5.74) is 1.40. The fourth-order valence-corrected chi connectivity index (χ4v) is 2.81. The zero-order valence-corrected chi connectivity index (χ0v) is 15.1. The maximum Gasteiger partial charge on any atom is 0.244 e. The van der Waals surface area contributed by atoms with Crippen LogP contribution in [0.25, 0.3) is 6.08 Å². The minimum absolute atomic E-state index is 0.321. The summed E-state index contributed by atoms with van der Waals surface area (Å²) in [6, 6.07) is 13.0. The standard InChI is InChI=1S/C21H20FN3O2/c1-25-13-12-23-21(25)20(17-8-3-4-9-18(17)27-2)24-19(26)11-10-15-6-5-7-16(22)14-15/h3-14,20H,1-2H3,(H,24,26). The number of rotatable bonds is 6. The molecule has 6 heteroatoms. The summed E-state index contributed by atoms with van der Waals surface area (Å²) in [5.74, 6) is 0.655. The summed E-state index contributed by atoms with van der Waals surface area (Å²) in [6.45, 7) is 0. The van der Waals surface area contributed by atoms with Gasteiger partial charge in [-0.25, -0.2) is 9.37 Å². The summed E-state index contributed by atoms with van der Waals surface area (Å²) < 4.78 is 20.6. The van der Waals surface area contributed by atoms with Crippen molar-refractivity contribution in [3.63, 3.8) is 0 Å². The second kappa shape index (κ2) is 8.31. The van der Waals surface area contributed by atoms with E-state index in [4.69, 9.17) is 4.74 Å². The number of carbonyl (C=O) groups excluding carboxylic acids is 1. The number of imidazole rings is 1. The highest BCUT2D eigenvalue weighted by Gasteiger charge is 2.23. The molecule has 0 saturated carbocycles. The zero-order chi connectivity index (χ0) is 19.2. The number of aromatic nitrogens is 2. The lowest BCUT2D eigenvalue weighted by atomic mass is 10.0. The van der Waals surface area contributed by atoms with Gasteiger partial charge in [0.2, 0.25) is 5.91 Å². The molecule has 3 aromatic rings. The first-order valence-corrected chi connectivity index (χ1v) is 8.43. The Kier molecular flexibility index (Phi) is 5.66. The maximum atomic E-state index is 13.3. The number of hydrogen-bond donors (Lipinski definition) is 1. The number of methoxy groups -OCH3 is 1. The number of halogens is 1. The van der Waals surface area contributed by atoms with E-state index in [1.165, 1.54) is 18.2 Å². The molecule has 1 unspecified atom stereocenters. The van der Waals surface area contributed by atoms with E-state index in [0.29, 0.717) is 17.1 Å². The topological polar surface area (TPSA) is 56.1 Å². The van der Waals surface area contributed by atoms with E-state index in [1.807, 2.05) is 42.1 Å². The second-order valence-electron chi connectivity index (χ2n) is 5.97. The fourth-order valence-electron chi connectivity index (χ4n) is 2.81. The van der Waals surface area contributed by atoms with E-state index in [9.17, 15) is 9.18 Å². The molecule has 0 bridgehead atoms. The van der Waals surface area contributed by atoms with Gasteiger partial charge in [-0.15, -0.1) is 0 Å². The molecule has 1 heterocycles. The lowest BCUT2D eigenvalue weighted by Gasteiger charge is -2.20. The monoisotopic (exact) mass is 365 g/mol. The molecule has 1 aromatic heterocycles. The minimum atomic E-state index is -0.495. The van der Waals surface area contributed by atoms with Crippen LogP contribution in [0.4, 0.5) is 4.39 Å². The average Bonchev–Trinajstić information content (AvgIpc) is 3.10. The zero-order valence-electron chi connectivity index (χ0n) is 15.1. The van der Waals surface area contributed by atoms with Crippen LogP contribution in [0.5, 0.6) is 5.75 Å². The number of aryl methyl sites for hydroxylation is 1. The third-order valence-corrected chi connectivity index (χ3v) is 4.13. The van der Waals surface area contributed by atoms with Crippen molar-refractivity contribution in [3.05, 3.63) is 89.8 Å². The lowest BCUT2D eigenvalue weighted by Crippen LogP contribution is -2.30. The van der Waals surface area contributed by atoms with Crippen LogP contribution in [0.15, 0.2) is 67.0 Å². The van der Waals surface area contributed by atoms with Gasteiger partial charge in [-0.2, -0.15) is 0 Å². The van der Waals surface area contributed by atoms with E-state index in [2.05, 4.69) is 10.3 Å². The summed E-state index contributed by atoms with van der Waals surface area (Å²) in [6.07, 6.45) is 6.43. The molecular formula is C21H20FN3O2. The number of ether oxygens (including phenoxy) is 1. The lowest BCUT2D eigenvalue weighted by molar-refractivity contribution is -0.117. The Morgan fingerprint density at radius 3 is 2.78 bits per heavy atom. The van der Waals surface area contributed by atoms with Gasteiger partial charge in [0.25, 0.3) is 0 Å². The molecule has 0 radical (unpaired) electrons. The Bertz CT molecular complexity index is 965. The van der Waals surface area contributed by atoms with E-state index in [0.717, 1.165) is 5.56 Å². The first-order chi connectivity index (χ1) is 13.1. The van der Waals surface area contributed by atoms with Crippen molar-refractivity contribution in [2.45, 2.75) is 6.04 Å². The number of para-hydroxylation sites is 1.